The fourth-order valence-corrected chi connectivity index (χ4v) is 2.32. The van der Waals surface area contributed by atoms with E-state index >= 15 is 0 Å². The SMILES string of the molecule is CCC(CC)(CNCCC1CCOC1)C(=O)O. The fourth-order valence-electron chi connectivity index (χ4n) is 2.32. The lowest BCUT2D eigenvalue weighted by molar-refractivity contribution is -0.149. The van der Waals surface area contributed by atoms with Gasteiger partial charge in [0.05, 0.1) is 5.41 Å². The van der Waals surface area contributed by atoms with E-state index in [1.54, 1.807) is 0 Å². The number of aliphatic carboxylic acids is 1. The minimum Gasteiger partial charge on any atom is -0.481 e. The average molecular weight is 243 g/mol. The average Bonchev–Trinajstić information content (AvgIpc) is 2.82. The summed E-state index contributed by atoms with van der Waals surface area (Å²) in [4.78, 5) is 11.3. The number of nitrogens with one attached hydrogen (secondary N) is 1. The summed E-state index contributed by atoms with van der Waals surface area (Å²) >= 11 is 0. The van der Waals surface area contributed by atoms with Crippen LogP contribution in [0.4, 0.5) is 0 Å². The summed E-state index contributed by atoms with van der Waals surface area (Å²) in [5, 5.41) is 12.6. The maximum absolute atomic E-state index is 11.3. The van der Waals surface area contributed by atoms with Crippen LogP contribution in [0.1, 0.15) is 39.5 Å². The van der Waals surface area contributed by atoms with Crippen molar-refractivity contribution in [3.05, 3.63) is 0 Å². The van der Waals surface area contributed by atoms with Crippen molar-refractivity contribution < 1.29 is 14.6 Å². The molecule has 0 radical (unpaired) electrons. The highest BCUT2D eigenvalue weighted by Crippen LogP contribution is 2.25. The number of carbonyl (C=O) groups is 1. The monoisotopic (exact) mass is 243 g/mol. The first-order valence-corrected chi connectivity index (χ1v) is 6.66. The minimum absolute atomic E-state index is 0.572. The molecule has 1 aliphatic rings. The van der Waals surface area contributed by atoms with E-state index in [4.69, 9.17) is 4.74 Å². The Kier molecular flexibility index (Phi) is 5.92. The fraction of sp³-hybridized carbons (Fsp3) is 0.923. The van der Waals surface area contributed by atoms with E-state index < -0.39 is 11.4 Å². The molecule has 17 heavy (non-hydrogen) atoms. The minimum atomic E-state index is -0.681. The van der Waals surface area contributed by atoms with E-state index in [9.17, 15) is 9.90 Å². The molecule has 4 heteroatoms. The lowest BCUT2D eigenvalue weighted by atomic mass is 9.82. The van der Waals surface area contributed by atoms with E-state index in [0.29, 0.717) is 25.3 Å². The van der Waals surface area contributed by atoms with Gasteiger partial charge < -0.3 is 15.2 Å². The molecule has 1 rings (SSSR count). The highest BCUT2D eigenvalue weighted by molar-refractivity contribution is 5.74. The van der Waals surface area contributed by atoms with Gasteiger partial charge in [-0.1, -0.05) is 13.8 Å². The molecule has 1 saturated heterocycles. The van der Waals surface area contributed by atoms with Crippen LogP contribution < -0.4 is 5.32 Å². The molecule has 0 amide bonds. The number of hydrogen-bond acceptors (Lipinski definition) is 3. The molecule has 1 aliphatic heterocycles. The Bertz CT molecular complexity index is 233. The molecule has 0 bridgehead atoms. The second-order valence-corrected chi connectivity index (χ2v) is 4.99. The second kappa shape index (κ2) is 6.97. The molecule has 0 aromatic carbocycles. The zero-order chi connectivity index (χ0) is 12.7. The zero-order valence-corrected chi connectivity index (χ0v) is 11.0. The van der Waals surface area contributed by atoms with Crippen LogP contribution in [0.25, 0.3) is 0 Å². The van der Waals surface area contributed by atoms with Crippen LogP contribution in [-0.2, 0) is 9.53 Å². The molecule has 4 nitrogen and oxygen atoms in total. The van der Waals surface area contributed by atoms with E-state index in [2.05, 4.69) is 5.32 Å². The molecule has 1 atom stereocenters. The molecule has 0 aromatic rings. The van der Waals surface area contributed by atoms with Gasteiger partial charge in [-0.15, -0.1) is 0 Å². The van der Waals surface area contributed by atoms with Gasteiger partial charge in [0.15, 0.2) is 0 Å². The summed E-state index contributed by atoms with van der Waals surface area (Å²) in [5.74, 6) is -0.0239. The third-order valence-corrected chi connectivity index (χ3v) is 4.02. The van der Waals surface area contributed by atoms with E-state index in [1.807, 2.05) is 13.8 Å². The van der Waals surface area contributed by atoms with Gasteiger partial charge in [0.2, 0.25) is 0 Å². The van der Waals surface area contributed by atoms with Crippen LogP contribution in [0.3, 0.4) is 0 Å². The van der Waals surface area contributed by atoms with Crippen LogP contribution in [0.2, 0.25) is 0 Å². The van der Waals surface area contributed by atoms with Crippen LogP contribution >= 0.6 is 0 Å². The van der Waals surface area contributed by atoms with Gasteiger partial charge >= 0.3 is 5.97 Å². The first-order chi connectivity index (χ1) is 8.14. The van der Waals surface area contributed by atoms with Crippen molar-refractivity contribution >= 4 is 5.97 Å². The van der Waals surface area contributed by atoms with Crippen LogP contribution in [0.5, 0.6) is 0 Å². The Morgan fingerprint density at radius 1 is 1.47 bits per heavy atom. The topological polar surface area (TPSA) is 58.6 Å². The van der Waals surface area contributed by atoms with Gasteiger partial charge in [0.1, 0.15) is 0 Å². The standard InChI is InChI=1S/C13H25NO3/c1-3-13(4-2,12(15)16)10-14-7-5-11-6-8-17-9-11/h11,14H,3-10H2,1-2H3,(H,15,16). The number of rotatable bonds is 8. The van der Waals surface area contributed by atoms with Crippen molar-refractivity contribution in [2.75, 3.05) is 26.3 Å². The molecule has 0 aliphatic carbocycles. The quantitative estimate of drug-likeness (QED) is 0.639. The lowest BCUT2D eigenvalue weighted by Crippen LogP contribution is -2.40. The van der Waals surface area contributed by atoms with Crippen molar-refractivity contribution in [2.24, 2.45) is 11.3 Å². The molecular formula is C13H25NO3. The maximum atomic E-state index is 11.3. The van der Waals surface area contributed by atoms with Crippen LogP contribution in [0.15, 0.2) is 0 Å². The molecule has 0 spiro atoms. The number of ether oxygens (including phenoxy) is 1. The van der Waals surface area contributed by atoms with Gasteiger partial charge in [-0.05, 0) is 38.1 Å². The summed E-state index contributed by atoms with van der Waals surface area (Å²) in [6, 6.07) is 0. The first kappa shape index (κ1) is 14.5. The summed E-state index contributed by atoms with van der Waals surface area (Å²) in [6.07, 6.45) is 3.59. The Morgan fingerprint density at radius 2 is 2.18 bits per heavy atom. The molecule has 1 fully saturated rings. The Labute approximate surface area is 104 Å². The van der Waals surface area contributed by atoms with Crippen molar-refractivity contribution in [1.82, 2.24) is 5.32 Å². The summed E-state index contributed by atoms with van der Waals surface area (Å²) in [5.41, 5.74) is -0.591. The normalized spacial score (nSPS) is 20.7. The van der Waals surface area contributed by atoms with E-state index in [0.717, 1.165) is 32.6 Å². The second-order valence-electron chi connectivity index (χ2n) is 4.99. The highest BCUT2D eigenvalue weighted by Gasteiger charge is 2.34. The molecule has 0 aromatic heterocycles. The van der Waals surface area contributed by atoms with Gasteiger partial charge in [-0.25, -0.2) is 0 Å². The van der Waals surface area contributed by atoms with Crippen molar-refractivity contribution in [3.8, 4) is 0 Å². The summed E-state index contributed by atoms with van der Waals surface area (Å²) in [7, 11) is 0. The van der Waals surface area contributed by atoms with Gasteiger partial charge in [-0.2, -0.15) is 0 Å². The van der Waals surface area contributed by atoms with Crippen molar-refractivity contribution in [3.63, 3.8) is 0 Å². The van der Waals surface area contributed by atoms with Crippen LogP contribution in [0, 0.1) is 11.3 Å². The Balaban J connectivity index is 2.24. The van der Waals surface area contributed by atoms with E-state index in [1.165, 1.54) is 0 Å². The molecule has 1 unspecified atom stereocenters. The predicted molar refractivity (Wildman–Crippen MR) is 67.1 cm³/mol. The summed E-state index contributed by atoms with van der Waals surface area (Å²) in [6.45, 7) is 7.11. The van der Waals surface area contributed by atoms with Crippen LogP contribution in [-0.4, -0.2) is 37.4 Å². The summed E-state index contributed by atoms with van der Waals surface area (Å²) < 4.78 is 5.31. The predicted octanol–water partition coefficient (Wildman–Crippen LogP) is 1.89. The number of hydrogen-bond donors (Lipinski definition) is 2. The lowest BCUT2D eigenvalue weighted by Gasteiger charge is -2.27. The smallest absolute Gasteiger partial charge is 0.310 e. The van der Waals surface area contributed by atoms with Gasteiger partial charge in [0.25, 0.3) is 0 Å². The van der Waals surface area contributed by atoms with Crippen molar-refractivity contribution in [1.29, 1.82) is 0 Å². The third kappa shape index (κ3) is 3.96. The van der Waals surface area contributed by atoms with Crippen molar-refractivity contribution in [2.45, 2.75) is 39.5 Å². The maximum Gasteiger partial charge on any atom is 0.310 e. The Hall–Kier alpha value is -0.610. The first-order valence-electron chi connectivity index (χ1n) is 6.66. The molecule has 100 valence electrons. The van der Waals surface area contributed by atoms with Gasteiger partial charge in [0, 0.05) is 19.8 Å². The molecule has 2 N–H and O–H groups in total. The highest BCUT2D eigenvalue weighted by atomic mass is 16.5. The van der Waals surface area contributed by atoms with E-state index in [-0.39, 0.29) is 0 Å². The molecule has 1 heterocycles. The third-order valence-electron chi connectivity index (χ3n) is 4.02. The number of carboxylic acid groups (broad SMARTS) is 1. The number of carboxylic acids is 1. The zero-order valence-electron chi connectivity index (χ0n) is 11.0. The van der Waals surface area contributed by atoms with Gasteiger partial charge in [-0.3, -0.25) is 4.79 Å². The molecule has 0 saturated carbocycles. The largest absolute Gasteiger partial charge is 0.481 e. The Morgan fingerprint density at radius 3 is 2.65 bits per heavy atom. The molecular weight excluding hydrogens is 218 g/mol.